The average molecular weight is 370 g/mol. The van der Waals surface area contributed by atoms with E-state index in [-0.39, 0.29) is 11.8 Å². The lowest BCUT2D eigenvalue weighted by Gasteiger charge is -2.17. The monoisotopic (exact) mass is 370 g/mol. The van der Waals surface area contributed by atoms with Gasteiger partial charge in [-0.2, -0.15) is 0 Å². The fraction of sp³-hybridized carbons (Fsp3) is 0.476. The zero-order valence-corrected chi connectivity index (χ0v) is 15.7. The molecule has 27 heavy (non-hydrogen) atoms. The maximum absolute atomic E-state index is 12.6. The first-order chi connectivity index (χ1) is 13.0. The molecule has 0 unspecified atom stereocenters. The molecule has 0 heterocycles. The SMILES string of the molecule is COC(=O)c1ccc(NC(=O)C2(C(=O)NCCC3=CCCCC3)CC2)cc1. The Morgan fingerprint density at radius 3 is 2.41 bits per heavy atom. The lowest BCUT2D eigenvalue weighted by atomic mass is 9.97. The van der Waals surface area contributed by atoms with Crippen LogP contribution in [-0.2, 0) is 14.3 Å². The van der Waals surface area contributed by atoms with Gasteiger partial charge in [-0.05, 0) is 69.2 Å². The molecule has 0 saturated heterocycles. The molecular weight excluding hydrogens is 344 g/mol. The molecule has 1 fully saturated rings. The maximum atomic E-state index is 12.6. The molecule has 2 aliphatic rings. The van der Waals surface area contributed by atoms with Crippen LogP contribution in [0.4, 0.5) is 5.69 Å². The number of hydrogen-bond donors (Lipinski definition) is 2. The van der Waals surface area contributed by atoms with E-state index in [4.69, 9.17) is 0 Å². The first kappa shape index (κ1) is 19.1. The predicted molar refractivity (Wildman–Crippen MR) is 102 cm³/mol. The Morgan fingerprint density at radius 1 is 1.07 bits per heavy atom. The smallest absolute Gasteiger partial charge is 0.337 e. The van der Waals surface area contributed by atoms with Crippen LogP contribution >= 0.6 is 0 Å². The number of nitrogens with one attached hydrogen (secondary N) is 2. The fourth-order valence-corrected chi connectivity index (χ4v) is 3.38. The van der Waals surface area contributed by atoms with Gasteiger partial charge in [0.15, 0.2) is 0 Å². The van der Waals surface area contributed by atoms with E-state index in [1.54, 1.807) is 24.3 Å². The largest absolute Gasteiger partial charge is 0.465 e. The number of allylic oxidation sites excluding steroid dienone is 1. The third-order valence-corrected chi connectivity index (χ3v) is 5.30. The number of esters is 1. The van der Waals surface area contributed by atoms with Gasteiger partial charge in [0.25, 0.3) is 0 Å². The number of anilines is 1. The molecule has 144 valence electrons. The van der Waals surface area contributed by atoms with Gasteiger partial charge in [-0.3, -0.25) is 9.59 Å². The normalized spacial score (nSPS) is 17.4. The van der Waals surface area contributed by atoms with Gasteiger partial charge < -0.3 is 15.4 Å². The van der Waals surface area contributed by atoms with Crippen molar-refractivity contribution in [2.75, 3.05) is 19.0 Å². The molecule has 2 aliphatic carbocycles. The van der Waals surface area contributed by atoms with Gasteiger partial charge in [-0.1, -0.05) is 11.6 Å². The van der Waals surface area contributed by atoms with Crippen molar-refractivity contribution < 1.29 is 19.1 Å². The Bertz CT molecular complexity index is 748. The van der Waals surface area contributed by atoms with Crippen LogP contribution in [0.1, 0.15) is 55.3 Å². The predicted octanol–water partition coefficient (Wildman–Crippen LogP) is 3.20. The molecule has 1 aromatic rings. The summed E-state index contributed by atoms with van der Waals surface area (Å²) in [4.78, 5) is 36.6. The highest BCUT2D eigenvalue weighted by molar-refractivity contribution is 6.13. The van der Waals surface area contributed by atoms with E-state index in [1.807, 2.05) is 0 Å². The maximum Gasteiger partial charge on any atom is 0.337 e. The summed E-state index contributed by atoms with van der Waals surface area (Å²) in [6.07, 6.45) is 8.97. The molecule has 0 atom stereocenters. The summed E-state index contributed by atoms with van der Waals surface area (Å²) in [5.74, 6) is -0.913. The number of rotatable bonds is 7. The van der Waals surface area contributed by atoms with E-state index in [9.17, 15) is 14.4 Å². The van der Waals surface area contributed by atoms with Crippen LogP contribution in [0.15, 0.2) is 35.9 Å². The first-order valence-corrected chi connectivity index (χ1v) is 9.51. The van der Waals surface area contributed by atoms with Gasteiger partial charge in [-0.25, -0.2) is 4.79 Å². The Hall–Kier alpha value is -2.63. The fourth-order valence-electron chi connectivity index (χ4n) is 3.38. The summed E-state index contributed by atoms with van der Waals surface area (Å²) < 4.78 is 4.65. The summed E-state index contributed by atoms with van der Waals surface area (Å²) in [5.41, 5.74) is 1.41. The number of hydrogen-bond acceptors (Lipinski definition) is 4. The minimum atomic E-state index is -0.956. The Balaban J connectivity index is 1.51. The van der Waals surface area contributed by atoms with Gasteiger partial charge in [0.1, 0.15) is 5.41 Å². The molecule has 2 N–H and O–H groups in total. The first-order valence-electron chi connectivity index (χ1n) is 9.51. The summed E-state index contributed by atoms with van der Waals surface area (Å²) in [5, 5.41) is 5.72. The number of ether oxygens (including phenoxy) is 1. The van der Waals surface area contributed by atoms with Gasteiger partial charge >= 0.3 is 5.97 Å². The van der Waals surface area contributed by atoms with Crippen molar-refractivity contribution in [3.8, 4) is 0 Å². The summed E-state index contributed by atoms with van der Waals surface area (Å²) in [6, 6.07) is 6.43. The molecule has 0 radical (unpaired) electrons. The minimum absolute atomic E-state index is 0.192. The minimum Gasteiger partial charge on any atom is -0.465 e. The second-order valence-corrected chi connectivity index (χ2v) is 7.22. The molecule has 0 spiro atoms. The number of methoxy groups -OCH3 is 1. The van der Waals surface area contributed by atoms with E-state index in [0.29, 0.717) is 30.6 Å². The second kappa shape index (κ2) is 8.37. The number of carbonyl (C=O) groups excluding carboxylic acids is 3. The van der Waals surface area contributed by atoms with Crippen molar-refractivity contribution in [1.29, 1.82) is 0 Å². The van der Waals surface area contributed by atoms with Crippen LogP contribution in [0.2, 0.25) is 0 Å². The molecule has 6 nitrogen and oxygen atoms in total. The molecule has 1 saturated carbocycles. The molecule has 0 aliphatic heterocycles. The molecule has 0 bridgehead atoms. The van der Waals surface area contributed by atoms with Gasteiger partial charge in [0.2, 0.25) is 11.8 Å². The van der Waals surface area contributed by atoms with Gasteiger partial charge in [0.05, 0.1) is 12.7 Å². The highest BCUT2D eigenvalue weighted by atomic mass is 16.5. The summed E-state index contributed by atoms with van der Waals surface area (Å²) in [6.45, 7) is 0.577. The van der Waals surface area contributed by atoms with E-state index in [2.05, 4.69) is 21.4 Å². The standard InChI is InChI=1S/C21H26N2O4/c1-27-18(24)16-7-9-17(10-8-16)23-20(26)21(12-13-21)19(25)22-14-11-15-5-3-2-4-6-15/h5,7-10H,2-4,6,11-14H2,1H3,(H,22,25)(H,23,26). The molecular formula is C21H26N2O4. The number of carbonyl (C=O) groups is 3. The van der Waals surface area contributed by atoms with Crippen molar-refractivity contribution in [2.24, 2.45) is 5.41 Å². The average Bonchev–Trinajstić information content (AvgIpc) is 3.51. The third-order valence-electron chi connectivity index (χ3n) is 5.30. The van der Waals surface area contributed by atoms with Gasteiger partial charge in [-0.15, -0.1) is 0 Å². The van der Waals surface area contributed by atoms with Crippen LogP contribution in [0, 0.1) is 5.41 Å². The van der Waals surface area contributed by atoms with Crippen LogP contribution < -0.4 is 10.6 Å². The lowest BCUT2D eigenvalue weighted by Crippen LogP contribution is -2.40. The van der Waals surface area contributed by atoms with Crippen LogP contribution in [0.3, 0.4) is 0 Å². The Morgan fingerprint density at radius 2 is 1.81 bits per heavy atom. The van der Waals surface area contributed by atoms with Crippen molar-refractivity contribution in [3.05, 3.63) is 41.5 Å². The summed E-state index contributed by atoms with van der Waals surface area (Å²) >= 11 is 0. The van der Waals surface area contributed by atoms with Crippen molar-refractivity contribution in [3.63, 3.8) is 0 Å². The van der Waals surface area contributed by atoms with Gasteiger partial charge in [0, 0.05) is 12.2 Å². The van der Waals surface area contributed by atoms with Crippen LogP contribution in [0.25, 0.3) is 0 Å². The molecule has 6 heteroatoms. The third kappa shape index (κ3) is 4.56. The molecule has 0 aromatic heterocycles. The van der Waals surface area contributed by atoms with E-state index in [0.717, 1.165) is 19.3 Å². The van der Waals surface area contributed by atoms with E-state index in [1.165, 1.54) is 25.5 Å². The van der Waals surface area contributed by atoms with Crippen molar-refractivity contribution in [2.45, 2.75) is 44.9 Å². The van der Waals surface area contributed by atoms with E-state index >= 15 is 0 Å². The molecule has 3 rings (SSSR count). The lowest BCUT2D eigenvalue weighted by molar-refractivity contribution is -0.134. The topological polar surface area (TPSA) is 84.5 Å². The molecule has 1 aromatic carbocycles. The highest BCUT2D eigenvalue weighted by Gasteiger charge is 2.56. The van der Waals surface area contributed by atoms with Crippen LogP contribution in [0.5, 0.6) is 0 Å². The molecule has 2 amide bonds. The van der Waals surface area contributed by atoms with Crippen molar-refractivity contribution in [1.82, 2.24) is 5.32 Å². The van der Waals surface area contributed by atoms with E-state index < -0.39 is 11.4 Å². The zero-order valence-electron chi connectivity index (χ0n) is 15.7. The second-order valence-electron chi connectivity index (χ2n) is 7.22. The zero-order chi connectivity index (χ0) is 19.3. The number of amides is 2. The highest BCUT2D eigenvalue weighted by Crippen LogP contribution is 2.46. The quantitative estimate of drug-likeness (QED) is 0.438. The number of benzene rings is 1. The Labute approximate surface area is 159 Å². The van der Waals surface area contributed by atoms with Crippen LogP contribution in [-0.4, -0.2) is 31.4 Å². The Kier molecular flexibility index (Phi) is 5.94. The van der Waals surface area contributed by atoms with Crippen molar-refractivity contribution >= 4 is 23.5 Å². The summed E-state index contributed by atoms with van der Waals surface area (Å²) in [7, 11) is 1.32.